The van der Waals surface area contributed by atoms with Crippen molar-refractivity contribution in [1.82, 2.24) is 19.9 Å². The standard InChI is InChI=1S/C28H25ClN4O2S/c1-19(15-24-3-2-14-35-24)31-27(34)22-8-4-20(5-9-22)17-33-26-16-30-13-12-25(26)32-28(33)36-18-21-6-10-23(29)11-7-21/h2-14,16,19H,15,17-18H2,1H3,(H,31,34)/t19-/m1/s1. The highest BCUT2D eigenvalue weighted by Crippen LogP contribution is 2.28. The van der Waals surface area contributed by atoms with Gasteiger partial charge in [-0.1, -0.05) is 47.6 Å². The minimum atomic E-state index is -0.0999. The molecule has 0 unspecified atom stereocenters. The van der Waals surface area contributed by atoms with Crippen LogP contribution >= 0.6 is 23.4 Å². The summed E-state index contributed by atoms with van der Waals surface area (Å²) in [6.45, 7) is 2.60. The van der Waals surface area contributed by atoms with Crippen molar-refractivity contribution < 1.29 is 9.21 Å². The highest BCUT2D eigenvalue weighted by Gasteiger charge is 2.14. The first-order chi connectivity index (χ1) is 17.5. The lowest BCUT2D eigenvalue weighted by Crippen LogP contribution is -2.33. The van der Waals surface area contributed by atoms with Gasteiger partial charge in [-0.25, -0.2) is 4.98 Å². The predicted molar refractivity (Wildman–Crippen MR) is 143 cm³/mol. The van der Waals surface area contributed by atoms with Gasteiger partial charge in [0.15, 0.2) is 5.16 Å². The number of furan rings is 1. The van der Waals surface area contributed by atoms with Crippen molar-refractivity contribution in [1.29, 1.82) is 0 Å². The van der Waals surface area contributed by atoms with Crippen LogP contribution in [0.1, 0.15) is 34.2 Å². The molecule has 36 heavy (non-hydrogen) atoms. The molecule has 1 atom stereocenters. The first-order valence-electron chi connectivity index (χ1n) is 11.6. The van der Waals surface area contributed by atoms with Gasteiger partial charge in [-0.05, 0) is 60.5 Å². The number of carbonyl (C=O) groups excluding carboxylic acids is 1. The molecule has 0 spiro atoms. The summed E-state index contributed by atoms with van der Waals surface area (Å²) in [5, 5.41) is 4.68. The zero-order valence-electron chi connectivity index (χ0n) is 19.7. The number of imidazole rings is 1. The maximum absolute atomic E-state index is 12.7. The average molecular weight is 517 g/mol. The first kappa shape index (κ1) is 24.2. The van der Waals surface area contributed by atoms with Crippen molar-refractivity contribution in [2.75, 3.05) is 0 Å². The molecule has 8 heteroatoms. The molecule has 0 aliphatic rings. The van der Waals surface area contributed by atoms with E-state index in [1.807, 2.05) is 79.9 Å². The second kappa shape index (κ2) is 11.0. The van der Waals surface area contributed by atoms with E-state index in [-0.39, 0.29) is 11.9 Å². The molecular weight excluding hydrogens is 492 g/mol. The molecule has 5 rings (SSSR count). The van der Waals surface area contributed by atoms with Gasteiger partial charge in [0.05, 0.1) is 30.0 Å². The molecule has 1 N–H and O–H groups in total. The topological polar surface area (TPSA) is 73.0 Å². The Kier molecular flexibility index (Phi) is 7.39. The van der Waals surface area contributed by atoms with Crippen molar-refractivity contribution in [2.45, 2.75) is 36.8 Å². The molecule has 0 aliphatic carbocycles. The van der Waals surface area contributed by atoms with E-state index in [1.54, 1.807) is 24.2 Å². The molecule has 3 aromatic heterocycles. The predicted octanol–water partition coefficient (Wildman–Crippen LogP) is 6.38. The zero-order valence-corrected chi connectivity index (χ0v) is 21.3. The first-order valence-corrected chi connectivity index (χ1v) is 13.0. The Morgan fingerprint density at radius 2 is 1.86 bits per heavy atom. The van der Waals surface area contributed by atoms with Crippen LogP contribution < -0.4 is 5.32 Å². The minimum Gasteiger partial charge on any atom is -0.469 e. The molecule has 2 aromatic carbocycles. The monoisotopic (exact) mass is 516 g/mol. The van der Waals surface area contributed by atoms with Crippen molar-refractivity contribution in [2.24, 2.45) is 0 Å². The van der Waals surface area contributed by atoms with Gasteiger partial charge in [0.25, 0.3) is 5.91 Å². The van der Waals surface area contributed by atoms with Gasteiger partial charge < -0.3 is 14.3 Å². The fourth-order valence-electron chi connectivity index (χ4n) is 3.97. The molecule has 182 valence electrons. The Hall–Kier alpha value is -3.55. The quantitative estimate of drug-likeness (QED) is 0.230. The van der Waals surface area contributed by atoms with Crippen LogP contribution in [0.2, 0.25) is 5.02 Å². The number of amides is 1. The average Bonchev–Trinajstić information content (AvgIpc) is 3.52. The summed E-state index contributed by atoms with van der Waals surface area (Å²) in [7, 11) is 0. The van der Waals surface area contributed by atoms with E-state index >= 15 is 0 Å². The second-order valence-electron chi connectivity index (χ2n) is 8.61. The molecule has 0 radical (unpaired) electrons. The van der Waals surface area contributed by atoms with E-state index in [0.717, 1.165) is 38.3 Å². The number of pyridine rings is 1. The number of benzene rings is 2. The fraction of sp³-hybridized carbons (Fsp3) is 0.179. The van der Waals surface area contributed by atoms with Gasteiger partial charge in [0.1, 0.15) is 5.76 Å². The van der Waals surface area contributed by atoms with E-state index in [0.29, 0.717) is 18.5 Å². The molecule has 0 fully saturated rings. The van der Waals surface area contributed by atoms with Crippen molar-refractivity contribution in [3.8, 4) is 0 Å². The summed E-state index contributed by atoms with van der Waals surface area (Å²) in [6, 6.07) is 21.2. The van der Waals surface area contributed by atoms with Crippen LogP contribution in [0.4, 0.5) is 0 Å². The van der Waals surface area contributed by atoms with Crippen LogP contribution in [-0.4, -0.2) is 26.5 Å². The van der Waals surface area contributed by atoms with Gasteiger partial charge in [0.2, 0.25) is 0 Å². The van der Waals surface area contributed by atoms with Crippen LogP contribution in [0.5, 0.6) is 0 Å². The Bertz CT molecular complexity index is 1450. The fourth-order valence-corrected chi connectivity index (χ4v) is 5.07. The van der Waals surface area contributed by atoms with Gasteiger partial charge in [0, 0.05) is 35.0 Å². The van der Waals surface area contributed by atoms with Crippen LogP contribution in [0, 0.1) is 0 Å². The number of thioether (sulfide) groups is 1. The lowest BCUT2D eigenvalue weighted by Gasteiger charge is -2.13. The third-order valence-corrected chi connectivity index (χ3v) is 7.12. The summed E-state index contributed by atoms with van der Waals surface area (Å²) >= 11 is 7.70. The summed E-state index contributed by atoms with van der Waals surface area (Å²) in [5.41, 5.74) is 4.76. The molecule has 6 nitrogen and oxygen atoms in total. The van der Waals surface area contributed by atoms with Crippen LogP contribution in [0.25, 0.3) is 11.0 Å². The van der Waals surface area contributed by atoms with Crippen LogP contribution in [0.15, 0.2) is 95.0 Å². The van der Waals surface area contributed by atoms with E-state index in [1.165, 1.54) is 5.56 Å². The largest absolute Gasteiger partial charge is 0.469 e. The lowest BCUT2D eigenvalue weighted by atomic mass is 10.1. The molecule has 0 bridgehead atoms. The number of carbonyl (C=O) groups is 1. The van der Waals surface area contributed by atoms with E-state index in [4.69, 9.17) is 21.0 Å². The van der Waals surface area contributed by atoms with E-state index in [2.05, 4.69) is 14.9 Å². The number of nitrogens with one attached hydrogen (secondary N) is 1. The summed E-state index contributed by atoms with van der Waals surface area (Å²) < 4.78 is 7.54. The second-order valence-corrected chi connectivity index (χ2v) is 9.99. The Labute approximate surface area is 218 Å². The van der Waals surface area contributed by atoms with Gasteiger partial charge in [-0.3, -0.25) is 9.78 Å². The summed E-state index contributed by atoms with van der Waals surface area (Å²) in [6.07, 6.45) is 5.89. The molecule has 0 saturated heterocycles. The number of halogens is 1. The molecule has 3 heterocycles. The summed E-state index contributed by atoms with van der Waals surface area (Å²) in [5.74, 6) is 1.53. The number of hydrogen-bond acceptors (Lipinski definition) is 5. The normalized spacial score (nSPS) is 12.1. The molecule has 0 aliphatic heterocycles. The third kappa shape index (κ3) is 5.80. The van der Waals surface area contributed by atoms with E-state index in [9.17, 15) is 4.79 Å². The molecule has 1 amide bonds. The number of hydrogen-bond donors (Lipinski definition) is 1. The SMILES string of the molecule is C[C@H](Cc1ccco1)NC(=O)c1ccc(Cn2c(SCc3ccc(Cl)cc3)nc3ccncc32)cc1. The maximum atomic E-state index is 12.7. The number of rotatable bonds is 9. The number of nitrogens with zero attached hydrogens (tertiary/aromatic N) is 3. The van der Waals surface area contributed by atoms with Crippen molar-refractivity contribution >= 4 is 40.3 Å². The van der Waals surface area contributed by atoms with Gasteiger partial charge >= 0.3 is 0 Å². The van der Waals surface area contributed by atoms with Crippen molar-refractivity contribution in [3.63, 3.8) is 0 Å². The zero-order chi connectivity index (χ0) is 24.9. The Morgan fingerprint density at radius 1 is 1.08 bits per heavy atom. The smallest absolute Gasteiger partial charge is 0.251 e. The van der Waals surface area contributed by atoms with E-state index < -0.39 is 0 Å². The van der Waals surface area contributed by atoms with Gasteiger partial charge in [-0.15, -0.1) is 0 Å². The number of fused-ring (bicyclic) bond motifs is 1. The minimum absolute atomic E-state index is 0.0339. The highest BCUT2D eigenvalue weighted by atomic mass is 35.5. The Balaban J connectivity index is 1.29. The lowest BCUT2D eigenvalue weighted by molar-refractivity contribution is 0.0939. The van der Waals surface area contributed by atoms with Crippen LogP contribution in [0.3, 0.4) is 0 Å². The highest BCUT2D eigenvalue weighted by molar-refractivity contribution is 7.98. The maximum Gasteiger partial charge on any atom is 0.251 e. The van der Waals surface area contributed by atoms with Crippen LogP contribution in [-0.2, 0) is 18.7 Å². The Morgan fingerprint density at radius 3 is 2.61 bits per heavy atom. The molecule has 5 aromatic rings. The molecule has 0 saturated carbocycles. The van der Waals surface area contributed by atoms with Crippen molar-refractivity contribution in [3.05, 3.63) is 113 Å². The molecular formula is C28H25ClN4O2S. The number of aromatic nitrogens is 3. The third-order valence-electron chi connectivity index (χ3n) is 5.82. The van der Waals surface area contributed by atoms with Gasteiger partial charge in [-0.2, -0.15) is 0 Å². The summed E-state index contributed by atoms with van der Waals surface area (Å²) in [4.78, 5) is 21.8.